The molecule has 3 aromatic rings. The molecule has 1 N–H and O–H groups in total. The maximum absolute atomic E-state index is 12.8. The summed E-state index contributed by atoms with van der Waals surface area (Å²) in [5, 5.41) is 3.27. The van der Waals surface area contributed by atoms with Gasteiger partial charge in [-0.15, -0.1) is 0 Å². The van der Waals surface area contributed by atoms with Crippen LogP contribution in [0, 0.1) is 0 Å². The lowest BCUT2D eigenvalue weighted by atomic mass is 10.2. The largest absolute Gasteiger partial charge is 0.497 e. The Kier molecular flexibility index (Phi) is 5.56. The summed E-state index contributed by atoms with van der Waals surface area (Å²) in [5.41, 5.74) is 2.16. The highest BCUT2D eigenvalue weighted by molar-refractivity contribution is 5.92. The van der Waals surface area contributed by atoms with E-state index in [1.807, 2.05) is 53.4 Å². The maximum Gasteiger partial charge on any atom is 0.272 e. The highest BCUT2D eigenvalue weighted by Crippen LogP contribution is 2.21. The van der Waals surface area contributed by atoms with Gasteiger partial charge in [0.05, 0.1) is 19.0 Å². The van der Waals surface area contributed by atoms with Crippen LogP contribution in [0.5, 0.6) is 5.75 Å². The van der Waals surface area contributed by atoms with Crippen LogP contribution in [-0.2, 0) is 0 Å². The van der Waals surface area contributed by atoms with E-state index in [2.05, 4.69) is 20.2 Å². The number of nitrogens with one attached hydrogen (secondary N) is 1. The standard InChI is InChI=1S/C22H23N5O2/c1-29-19-6-4-5-17(15-19)25-18-8-9-20(24-16-18)22(28)27-13-11-26(12-14-27)21-7-2-3-10-23-21/h2-10,15-16,25H,11-14H2,1H3. The first-order valence-electron chi connectivity index (χ1n) is 9.55. The summed E-state index contributed by atoms with van der Waals surface area (Å²) < 4.78 is 5.23. The summed E-state index contributed by atoms with van der Waals surface area (Å²) in [6.07, 6.45) is 3.47. The van der Waals surface area contributed by atoms with Crippen molar-refractivity contribution >= 4 is 23.1 Å². The third-order valence-electron chi connectivity index (χ3n) is 4.88. The van der Waals surface area contributed by atoms with Crippen LogP contribution >= 0.6 is 0 Å². The van der Waals surface area contributed by atoms with E-state index in [-0.39, 0.29) is 5.91 Å². The summed E-state index contributed by atoms with van der Waals surface area (Å²) in [7, 11) is 1.64. The average molecular weight is 389 g/mol. The molecule has 29 heavy (non-hydrogen) atoms. The van der Waals surface area contributed by atoms with Crippen LogP contribution in [0.15, 0.2) is 67.0 Å². The monoisotopic (exact) mass is 389 g/mol. The van der Waals surface area contributed by atoms with Crippen molar-refractivity contribution in [1.29, 1.82) is 0 Å². The maximum atomic E-state index is 12.8. The Hall–Kier alpha value is -3.61. The molecule has 4 rings (SSSR count). The average Bonchev–Trinajstić information content (AvgIpc) is 2.80. The molecule has 1 saturated heterocycles. The Labute approximate surface area is 170 Å². The molecule has 0 aliphatic carbocycles. The van der Waals surface area contributed by atoms with Crippen molar-refractivity contribution in [2.75, 3.05) is 43.5 Å². The van der Waals surface area contributed by atoms with Gasteiger partial charge in [0.2, 0.25) is 0 Å². The fraction of sp³-hybridized carbons (Fsp3) is 0.227. The van der Waals surface area contributed by atoms with Crippen LogP contribution in [0.25, 0.3) is 0 Å². The fourth-order valence-corrected chi connectivity index (χ4v) is 3.30. The quantitative estimate of drug-likeness (QED) is 0.723. The number of hydrogen-bond donors (Lipinski definition) is 1. The van der Waals surface area contributed by atoms with Gasteiger partial charge in [0, 0.05) is 44.1 Å². The minimum Gasteiger partial charge on any atom is -0.497 e. The number of ether oxygens (including phenoxy) is 1. The number of piperazine rings is 1. The predicted molar refractivity (Wildman–Crippen MR) is 113 cm³/mol. The molecule has 0 radical (unpaired) electrons. The van der Waals surface area contributed by atoms with Crippen molar-refractivity contribution in [2.24, 2.45) is 0 Å². The SMILES string of the molecule is COc1cccc(Nc2ccc(C(=O)N3CCN(c4ccccn4)CC3)nc2)c1. The van der Waals surface area contributed by atoms with Crippen LogP contribution in [-0.4, -0.2) is 54.1 Å². The second-order valence-corrected chi connectivity index (χ2v) is 6.76. The first-order chi connectivity index (χ1) is 14.2. The van der Waals surface area contributed by atoms with Gasteiger partial charge < -0.3 is 19.9 Å². The summed E-state index contributed by atoms with van der Waals surface area (Å²) in [5.74, 6) is 1.68. The molecule has 1 aliphatic heterocycles. The predicted octanol–water partition coefficient (Wildman–Crippen LogP) is 3.19. The van der Waals surface area contributed by atoms with Gasteiger partial charge in [0.1, 0.15) is 17.3 Å². The first kappa shape index (κ1) is 18.7. The Morgan fingerprint density at radius 2 is 1.83 bits per heavy atom. The molecule has 1 fully saturated rings. The molecule has 148 valence electrons. The number of carbonyl (C=O) groups is 1. The number of anilines is 3. The Morgan fingerprint density at radius 3 is 2.52 bits per heavy atom. The Bertz CT molecular complexity index is 954. The van der Waals surface area contributed by atoms with Crippen molar-refractivity contribution in [3.05, 3.63) is 72.7 Å². The van der Waals surface area contributed by atoms with Crippen molar-refractivity contribution in [1.82, 2.24) is 14.9 Å². The number of methoxy groups -OCH3 is 1. The molecule has 7 heteroatoms. The molecular formula is C22H23N5O2. The van der Waals surface area contributed by atoms with Gasteiger partial charge in [-0.3, -0.25) is 4.79 Å². The zero-order chi connectivity index (χ0) is 20.1. The summed E-state index contributed by atoms with van der Waals surface area (Å²) in [4.78, 5) is 25.6. The first-order valence-corrected chi connectivity index (χ1v) is 9.55. The molecule has 1 aromatic carbocycles. The molecule has 3 heterocycles. The third kappa shape index (κ3) is 4.45. The lowest BCUT2D eigenvalue weighted by Crippen LogP contribution is -2.49. The number of rotatable bonds is 5. The van der Waals surface area contributed by atoms with Crippen LogP contribution in [0.2, 0.25) is 0 Å². The molecule has 2 aromatic heterocycles. The molecular weight excluding hydrogens is 366 g/mol. The Morgan fingerprint density at radius 1 is 0.966 bits per heavy atom. The fourth-order valence-electron chi connectivity index (χ4n) is 3.30. The van der Waals surface area contributed by atoms with Gasteiger partial charge in [-0.25, -0.2) is 9.97 Å². The number of benzene rings is 1. The van der Waals surface area contributed by atoms with Crippen molar-refractivity contribution < 1.29 is 9.53 Å². The molecule has 0 spiro atoms. The summed E-state index contributed by atoms with van der Waals surface area (Å²) in [6.45, 7) is 2.83. The number of amides is 1. The van der Waals surface area contributed by atoms with Gasteiger partial charge in [-0.05, 0) is 36.4 Å². The van der Waals surface area contributed by atoms with Gasteiger partial charge in [0.25, 0.3) is 5.91 Å². The summed E-state index contributed by atoms with van der Waals surface area (Å²) in [6, 6.07) is 17.2. The van der Waals surface area contributed by atoms with E-state index in [0.717, 1.165) is 36.0 Å². The van der Waals surface area contributed by atoms with E-state index >= 15 is 0 Å². The van der Waals surface area contributed by atoms with Crippen LogP contribution in [0.1, 0.15) is 10.5 Å². The second kappa shape index (κ2) is 8.60. The van der Waals surface area contributed by atoms with Crippen molar-refractivity contribution in [3.63, 3.8) is 0 Å². The lowest BCUT2D eigenvalue weighted by Gasteiger charge is -2.35. The van der Waals surface area contributed by atoms with E-state index in [1.54, 1.807) is 25.6 Å². The number of carbonyl (C=O) groups excluding carboxylic acids is 1. The Balaban J connectivity index is 1.36. The molecule has 1 amide bonds. The van der Waals surface area contributed by atoms with Gasteiger partial charge in [0.15, 0.2) is 0 Å². The van der Waals surface area contributed by atoms with Gasteiger partial charge in [-0.2, -0.15) is 0 Å². The second-order valence-electron chi connectivity index (χ2n) is 6.76. The molecule has 7 nitrogen and oxygen atoms in total. The number of hydrogen-bond acceptors (Lipinski definition) is 6. The zero-order valence-corrected chi connectivity index (χ0v) is 16.3. The molecule has 0 saturated carbocycles. The third-order valence-corrected chi connectivity index (χ3v) is 4.88. The van der Waals surface area contributed by atoms with Crippen LogP contribution in [0.3, 0.4) is 0 Å². The van der Waals surface area contributed by atoms with Crippen LogP contribution in [0.4, 0.5) is 17.2 Å². The number of nitrogens with zero attached hydrogens (tertiary/aromatic N) is 4. The van der Waals surface area contributed by atoms with E-state index in [1.165, 1.54) is 0 Å². The summed E-state index contributed by atoms with van der Waals surface area (Å²) >= 11 is 0. The highest BCUT2D eigenvalue weighted by atomic mass is 16.5. The molecule has 0 atom stereocenters. The number of aromatic nitrogens is 2. The minimum absolute atomic E-state index is 0.0430. The van der Waals surface area contributed by atoms with E-state index < -0.39 is 0 Å². The molecule has 0 unspecified atom stereocenters. The molecule has 1 aliphatic rings. The van der Waals surface area contributed by atoms with Gasteiger partial charge >= 0.3 is 0 Å². The highest BCUT2D eigenvalue weighted by Gasteiger charge is 2.23. The van der Waals surface area contributed by atoms with Crippen molar-refractivity contribution in [2.45, 2.75) is 0 Å². The van der Waals surface area contributed by atoms with E-state index in [0.29, 0.717) is 18.8 Å². The smallest absolute Gasteiger partial charge is 0.272 e. The zero-order valence-electron chi connectivity index (χ0n) is 16.3. The van der Waals surface area contributed by atoms with E-state index in [4.69, 9.17) is 4.74 Å². The topological polar surface area (TPSA) is 70.6 Å². The normalized spacial score (nSPS) is 13.8. The lowest BCUT2D eigenvalue weighted by molar-refractivity contribution is 0.0740. The number of pyridine rings is 2. The van der Waals surface area contributed by atoms with Gasteiger partial charge in [-0.1, -0.05) is 12.1 Å². The van der Waals surface area contributed by atoms with E-state index in [9.17, 15) is 4.79 Å². The molecule has 0 bridgehead atoms. The van der Waals surface area contributed by atoms with Crippen molar-refractivity contribution in [3.8, 4) is 5.75 Å². The van der Waals surface area contributed by atoms with Crippen LogP contribution < -0.4 is 15.0 Å². The minimum atomic E-state index is -0.0430.